The number of methoxy groups -OCH3 is 1. The Morgan fingerprint density at radius 1 is 1.18 bits per heavy atom. The molecule has 0 fully saturated rings. The predicted octanol–water partition coefficient (Wildman–Crippen LogP) is -1.50. The van der Waals surface area contributed by atoms with Gasteiger partial charge in [-0.05, 0) is 0 Å². The van der Waals surface area contributed by atoms with Gasteiger partial charge in [-0.15, -0.1) is 0 Å². The summed E-state index contributed by atoms with van der Waals surface area (Å²) in [7, 11) is 1.65. The molecule has 0 aliphatic rings. The van der Waals surface area contributed by atoms with Gasteiger partial charge in [0.15, 0.2) is 0 Å². The van der Waals surface area contributed by atoms with Crippen molar-refractivity contribution in [1.29, 1.82) is 0 Å². The molecule has 0 bridgehead atoms. The molecule has 1 aromatic carbocycles. The van der Waals surface area contributed by atoms with Crippen LogP contribution in [-0.2, 0) is 0 Å². The van der Waals surface area contributed by atoms with Crippen molar-refractivity contribution in [3.05, 3.63) is 36.8 Å². The average Bonchev–Trinajstić information content (AvgIpc) is 1.90. The zero-order valence-electron chi connectivity index (χ0n) is 6.51. The minimum absolute atomic E-state index is 0. The Morgan fingerprint density at radius 3 is 2.00 bits per heavy atom. The largest absolute Gasteiger partial charge is 2.00 e. The van der Waals surface area contributed by atoms with Crippen LogP contribution in [0.4, 0.5) is 0 Å². The zero-order valence-corrected chi connectivity index (χ0v) is 10.1. The molecule has 11 heavy (non-hydrogen) atoms. The second-order valence-electron chi connectivity index (χ2n) is 1.85. The van der Waals surface area contributed by atoms with Crippen LogP contribution in [-0.4, -0.2) is 30.2 Å². The van der Waals surface area contributed by atoms with Gasteiger partial charge in [0.2, 0.25) is 0 Å². The minimum Gasteiger partial charge on any atom is -1.00 e. The summed E-state index contributed by atoms with van der Waals surface area (Å²) in [6.07, 6.45) is 0. The maximum atomic E-state index is 4.94. The van der Waals surface area contributed by atoms with Crippen LogP contribution in [0.3, 0.4) is 0 Å². The van der Waals surface area contributed by atoms with E-state index in [1.165, 1.54) is 0 Å². The van der Waals surface area contributed by atoms with E-state index in [-0.39, 0.29) is 47.0 Å². The Labute approximate surface area is 101 Å². The normalized spacial score (nSPS) is 7.36. The van der Waals surface area contributed by atoms with Crippen LogP contribution >= 0.6 is 0 Å². The molecule has 0 radical (unpaired) electrons. The van der Waals surface area contributed by atoms with E-state index in [9.17, 15) is 0 Å². The van der Waals surface area contributed by atoms with E-state index in [4.69, 9.17) is 4.74 Å². The second-order valence-corrected chi connectivity index (χ2v) is 1.85. The number of hydrogen-bond acceptors (Lipinski definition) is 1. The number of rotatable bonds is 1. The first-order chi connectivity index (χ1) is 4.33. The molecular weight excluding hydrogens is 263 g/mol. The fourth-order valence-corrected chi connectivity index (χ4v) is 0.626. The number of hydrogen-bond donors (Lipinski definition) is 0. The fraction of sp³-hybridized carbons (Fsp3) is 0.125. The van der Waals surface area contributed by atoms with Crippen molar-refractivity contribution in [2.45, 2.75) is 0 Å². The van der Waals surface area contributed by atoms with Gasteiger partial charge >= 0.3 is 23.1 Å². The molecule has 1 aromatic rings. The van der Waals surface area contributed by atoms with E-state index in [1.54, 1.807) is 7.11 Å². The molecule has 0 aliphatic heterocycles. The van der Waals surface area contributed by atoms with E-state index in [0.717, 1.165) is 11.3 Å². The van der Waals surface area contributed by atoms with Crippen molar-refractivity contribution in [3.63, 3.8) is 0 Å². The molecule has 0 saturated carbocycles. The summed E-state index contributed by atoms with van der Waals surface area (Å²) in [6.45, 7) is 3.74. The predicted molar refractivity (Wildman–Crippen MR) is 43.2 cm³/mol. The molecule has 0 amide bonds. The average molecular weight is 272 g/mol. The molecule has 56 valence electrons. The van der Waals surface area contributed by atoms with E-state index < -0.39 is 0 Å². The molecule has 0 heterocycles. The van der Waals surface area contributed by atoms with Gasteiger partial charge in [-0.2, -0.15) is 24.6 Å². The van der Waals surface area contributed by atoms with Gasteiger partial charge in [0.25, 0.3) is 0 Å². The van der Waals surface area contributed by atoms with Crippen LogP contribution in [0.5, 0.6) is 5.75 Å². The van der Waals surface area contributed by atoms with E-state index in [1.807, 2.05) is 24.3 Å². The minimum atomic E-state index is 0. The SMILES string of the molecule is [CH2-]c1ccc(OC)cc1.[I-].[Mg+2]. The number of benzene rings is 1. The number of halogens is 1. The van der Waals surface area contributed by atoms with Gasteiger partial charge in [0.05, 0.1) is 12.9 Å². The summed E-state index contributed by atoms with van der Waals surface area (Å²) in [4.78, 5) is 0. The summed E-state index contributed by atoms with van der Waals surface area (Å²) in [5, 5.41) is 0. The first kappa shape index (κ1) is 13.9. The van der Waals surface area contributed by atoms with E-state index in [2.05, 4.69) is 6.92 Å². The molecule has 3 heteroatoms. The van der Waals surface area contributed by atoms with Crippen LogP contribution in [0.1, 0.15) is 5.56 Å². The monoisotopic (exact) mass is 272 g/mol. The zero-order chi connectivity index (χ0) is 6.69. The first-order valence-corrected chi connectivity index (χ1v) is 2.79. The van der Waals surface area contributed by atoms with Gasteiger partial charge in [-0.3, -0.25) is 0 Å². The van der Waals surface area contributed by atoms with Crippen molar-refractivity contribution in [1.82, 2.24) is 0 Å². The van der Waals surface area contributed by atoms with Gasteiger partial charge in [0.1, 0.15) is 0 Å². The Bertz CT molecular complexity index is 186. The Morgan fingerprint density at radius 2 is 1.64 bits per heavy atom. The molecule has 1 rings (SSSR count). The molecule has 0 atom stereocenters. The van der Waals surface area contributed by atoms with Crippen molar-refractivity contribution in [3.8, 4) is 5.75 Å². The molecule has 0 spiro atoms. The molecule has 0 N–H and O–H groups in total. The Kier molecular flexibility index (Phi) is 8.95. The maximum Gasteiger partial charge on any atom is 2.00 e. The van der Waals surface area contributed by atoms with Crippen LogP contribution < -0.4 is 28.7 Å². The third-order valence-corrected chi connectivity index (χ3v) is 1.16. The summed E-state index contributed by atoms with van der Waals surface area (Å²) < 4.78 is 4.94. The first-order valence-electron chi connectivity index (χ1n) is 2.79. The summed E-state index contributed by atoms with van der Waals surface area (Å²) in [5.41, 5.74) is 1.01. The molecule has 0 unspecified atom stereocenters. The van der Waals surface area contributed by atoms with Crippen LogP contribution in [0.25, 0.3) is 0 Å². The van der Waals surface area contributed by atoms with Crippen molar-refractivity contribution >= 4 is 23.1 Å². The van der Waals surface area contributed by atoms with Crippen LogP contribution in [0.2, 0.25) is 0 Å². The maximum absolute atomic E-state index is 4.94. The van der Waals surface area contributed by atoms with Crippen molar-refractivity contribution < 1.29 is 28.7 Å². The Hall–Kier alpha value is 0.386. The summed E-state index contributed by atoms with van der Waals surface area (Å²) >= 11 is 0. The fourth-order valence-electron chi connectivity index (χ4n) is 0.626. The van der Waals surface area contributed by atoms with E-state index >= 15 is 0 Å². The van der Waals surface area contributed by atoms with Crippen molar-refractivity contribution in [2.75, 3.05) is 7.11 Å². The summed E-state index contributed by atoms with van der Waals surface area (Å²) in [6, 6.07) is 7.61. The molecule has 0 aliphatic carbocycles. The van der Waals surface area contributed by atoms with Gasteiger partial charge in [0, 0.05) is 0 Å². The summed E-state index contributed by atoms with van der Waals surface area (Å²) in [5.74, 6) is 0.877. The molecule has 0 aromatic heterocycles. The number of ether oxygens (including phenoxy) is 1. The smallest absolute Gasteiger partial charge is 1.00 e. The van der Waals surface area contributed by atoms with E-state index in [0.29, 0.717) is 0 Å². The topological polar surface area (TPSA) is 9.23 Å². The van der Waals surface area contributed by atoms with Gasteiger partial charge in [-0.1, -0.05) is 12.1 Å². The van der Waals surface area contributed by atoms with Crippen LogP contribution in [0, 0.1) is 6.92 Å². The quantitative estimate of drug-likeness (QED) is 0.343. The third kappa shape index (κ3) is 4.76. The second kappa shape index (κ2) is 7.06. The van der Waals surface area contributed by atoms with Gasteiger partial charge in [-0.25, -0.2) is 0 Å². The van der Waals surface area contributed by atoms with Crippen molar-refractivity contribution in [2.24, 2.45) is 0 Å². The van der Waals surface area contributed by atoms with Gasteiger partial charge < -0.3 is 28.7 Å². The van der Waals surface area contributed by atoms with Crippen LogP contribution in [0.15, 0.2) is 24.3 Å². The molecule has 0 saturated heterocycles. The standard InChI is InChI=1S/C8H9O.HI.Mg/c1-7-3-5-8(9-2)6-4-7;;/h3-6H,1H2,2H3;1H;/q-1;;+2/p-1. The molecular formula is C8H9IMgO. The molecule has 1 nitrogen and oxygen atoms in total. The third-order valence-electron chi connectivity index (χ3n) is 1.16. The Balaban J connectivity index is 0.